The molecule has 0 unspecified atom stereocenters. The van der Waals surface area contributed by atoms with Crippen molar-refractivity contribution in [2.24, 2.45) is 0 Å². The van der Waals surface area contributed by atoms with Crippen molar-refractivity contribution in [1.29, 1.82) is 0 Å². The fourth-order valence-corrected chi connectivity index (χ4v) is 2.42. The first-order chi connectivity index (χ1) is 8.52. The number of benzene rings is 1. The van der Waals surface area contributed by atoms with Crippen LogP contribution in [-0.2, 0) is 6.42 Å². The minimum Gasteiger partial charge on any atom is -0.233 e. The van der Waals surface area contributed by atoms with Crippen molar-refractivity contribution < 1.29 is 0 Å². The van der Waals surface area contributed by atoms with Crippen molar-refractivity contribution in [3.63, 3.8) is 0 Å². The summed E-state index contributed by atoms with van der Waals surface area (Å²) in [5.74, 6) is 0.564. The van der Waals surface area contributed by atoms with Crippen molar-refractivity contribution >= 4 is 39.1 Å². The van der Waals surface area contributed by atoms with Crippen LogP contribution in [0.1, 0.15) is 18.2 Å². The van der Waals surface area contributed by atoms with Gasteiger partial charge in [0.15, 0.2) is 5.82 Å². The van der Waals surface area contributed by atoms with E-state index in [1.54, 1.807) is 0 Å². The van der Waals surface area contributed by atoms with Gasteiger partial charge in [0, 0.05) is 21.3 Å². The van der Waals surface area contributed by atoms with Crippen molar-refractivity contribution in [2.45, 2.75) is 20.3 Å². The minimum absolute atomic E-state index is 0.480. The van der Waals surface area contributed by atoms with Gasteiger partial charge in [-0.1, -0.05) is 46.1 Å². The molecule has 0 radical (unpaired) electrons. The third-order valence-corrected chi connectivity index (χ3v) is 3.88. The summed E-state index contributed by atoms with van der Waals surface area (Å²) in [6, 6.07) is 5.58. The molecule has 2 aromatic rings. The van der Waals surface area contributed by atoms with E-state index in [4.69, 9.17) is 23.2 Å². The largest absolute Gasteiger partial charge is 0.233 e. The van der Waals surface area contributed by atoms with Crippen LogP contribution in [0.15, 0.2) is 22.7 Å². The van der Waals surface area contributed by atoms with E-state index in [2.05, 4.69) is 25.9 Å². The summed E-state index contributed by atoms with van der Waals surface area (Å²) in [6.07, 6.45) is 0.812. The zero-order valence-electron chi connectivity index (χ0n) is 9.97. The summed E-state index contributed by atoms with van der Waals surface area (Å²) in [7, 11) is 0. The van der Waals surface area contributed by atoms with E-state index in [9.17, 15) is 0 Å². The Hall–Kier alpha value is -0.640. The molecule has 1 aromatic heterocycles. The summed E-state index contributed by atoms with van der Waals surface area (Å²) in [6.45, 7) is 3.96. The first kappa shape index (κ1) is 13.8. The Morgan fingerprint density at radius 1 is 1.22 bits per heavy atom. The fraction of sp³-hybridized carbons (Fsp3) is 0.231. The Bertz CT molecular complexity index is 600. The maximum absolute atomic E-state index is 6.17. The standard InChI is InChI=1S/C13H11BrCl2N2/c1-3-11-7(2)12(16)18-13(17-11)9-6-8(14)4-5-10(9)15/h4-6H,3H2,1-2H3. The van der Waals surface area contributed by atoms with Crippen LogP contribution in [0.3, 0.4) is 0 Å². The molecule has 0 bridgehead atoms. The molecular formula is C13H11BrCl2N2. The highest BCUT2D eigenvalue weighted by atomic mass is 79.9. The highest BCUT2D eigenvalue weighted by Crippen LogP contribution is 2.30. The molecule has 0 aliphatic carbocycles. The predicted molar refractivity (Wildman–Crippen MR) is 79.3 cm³/mol. The van der Waals surface area contributed by atoms with Crippen LogP contribution >= 0.6 is 39.1 Å². The number of aryl methyl sites for hydroxylation is 1. The number of hydrogen-bond acceptors (Lipinski definition) is 2. The molecule has 2 nitrogen and oxygen atoms in total. The zero-order chi connectivity index (χ0) is 13.3. The van der Waals surface area contributed by atoms with Crippen molar-refractivity contribution in [1.82, 2.24) is 9.97 Å². The van der Waals surface area contributed by atoms with Gasteiger partial charge in [0.1, 0.15) is 5.15 Å². The molecule has 94 valence electrons. The van der Waals surface area contributed by atoms with E-state index in [0.717, 1.165) is 27.7 Å². The van der Waals surface area contributed by atoms with Crippen LogP contribution in [0.25, 0.3) is 11.4 Å². The molecule has 18 heavy (non-hydrogen) atoms. The molecule has 0 aliphatic heterocycles. The van der Waals surface area contributed by atoms with E-state index in [1.165, 1.54) is 0 Å². The summed E-state index contributed by atoms with van der Waals surface area (Å²) in [4.78, 5) is 8.83. The van der Waals surface area contributed by atoms with Crippen molar-refractivity contribution in [3.05, 3.63) is 44.1 Å². The number of halogens is 3. The van der Waals surface area contributed by atoms with Crippen LogP contribution in [-0.4, -0.2) is 9.97 Å². The molecule has 0 aliphatic rings. The third kappa shape index (κ3) is 2.68. The molecule has 0 atom stereocenters. The van der Waals surface area contributed by atoms with Gasteiger partial charge in [-0.2, -0.15) is 0 Å². The molecule has 0 fully saturated rings. The lowest BCUT2D eigenvalue weighted by Crippen LogP contribution is -2.00. The van der Waals surface area contributed by atoms with E-state index in [1.807, 2.05) is 32.0 Å². The highest BCUT2D eigenvalue weighted by molar-refractivity contribution is 9.10. The van der Waals surface area contributed by atoms with Gasteiger partial charge in [-0.05, 0) is 31.5 Å². The number of nitrogens with zero attached hydrogens (tertiary/aromatic N) is 2. The summed E-state index contributed by atoms with van der Waals surface area (Å²) in [5.41, 5.74) is 2.65. The van der Waals surface area contributed by atoms with Gasteiger partial charge < -0.3 is 0 Å². The monoisotopic (exact) mass is 344 g/mol. The second-order valence-electron chi connectivity index (χ2n) is 3.89. The topological polar surface area (TPSA) is 25.8 Å². The minimum atomic E-state index is 0.480. The lowest BCUT2D eigenvalue weighted by molar-refractivity contribution is 0.976. The smallest absolute Gasteiger partial charge is 0.162 e. The molecule has 0 saturated heterocycles. The number of rotatable bonds is 2. The second-order valence-corrected chi connectivity index (χ2v) is 5.57. The maximum Gasteiger partial charge on any atom is 0.162 e. The van der Waals surface area contributed by atoms with Gasteiger partial charge in [0.05, 0.1) is 5.02 Å². The Morgan fingerprint density at radius 3 is 2.61 bits per heavy atom. The molecule has 0 saturated carbocycles. The second kappa shape index (κ2) is 5.55. The SMILES string of the molecule is CCc1nc(-c2cc(Br)ccc2Cl)nc(Cl)c1C. The Morgan fingerprint density at radius 2 is 1.94 bits per heavy atom. The lowest BCUT2D eigenvalue weighted by atomic mass is 10.1. The maximum atomic E-state index is 6.17. The van der Waals surface area contributed by atoms with Crippen LogP contribution < -0.4 is 0 Å². The summed E-state index contributed by atoms with van der Waals surface area (Å²) >= 11 is 15.7. The van der Waals surface area contributed by atoms with Gasteiger partial charge in [-0.25, -0.2) is 9.97 Å². The van der Waals surface area contributed by atoms with E-state index < -0.39 is 0 Å². The Kier molecular flexibility index (Phi) is 4.25. The Labute approximate surface area is 124 Å². The average molecular weight is 346 g/mol. The summed E-state index contributed by atoms with van der Waals surface area (Å²) in [5, 5.41) is 1.09. The number of aromatic nitrogens is 2. The van der Waals surface area contributed by atoms with E-state index >= 15 is 0 Å². The fourth-order valence-electron chi connectivity index (χ4n) is 1.67. The first-order valence-corrected chi connectivity index (χ1v) is 7.06. The van der Waals surface area contributed by atoms with E-state index in [0.29, 0.717) is 16.0 Å². The predicted octanol–water partition coefficient (Wildman–Crippen LogP) is 5.08. The van der Waals surface area contributed by atoms with Gasteiger partial charge in [0.2, 0.25) is 0 Å². The average Bonchev–Trinajstić information content (AvgIpc) is 2.35. The quantitative estimate of drug-likeness (QED) is 0.709. The molecule has 0 N–H and O–H groups in total. The van der Waals surface area contributed by atoms with E-state index in [-0.39, 0.29) is 0 Å². The molecule has 0 spiro atoms. The van der Waals surface area contributed by atoms with Gasteiger partial charge >= 0.3 is 0 Å². The van der Waals surface area contributed by atoms with Crippen molar-refractivity contribution in [2.75, 3.05) is 0 Å². The van der Waals surface area contributed by atoms with Crippen LogP contribution in [0.4, 0.5) is 0 Å². The molecule has 1 aromatic carbocycles. The molecular weight excluding hydrogens is 335 g/mol. The molecule has 2 rings (SSSR count). The third-order valence-electron chi connectivity index (χ3n) is 2.69. The van der Waals surface area contributed by atoms with Gasteiger partial charge in [-0.15, -0.1) is 0 Å². The van der Waals surface area contributed by atoms with Crippen LogP contribution in [0.5, 0.6) is 0 Å². The number of hydrogen-bond donors (Lipinski definition) is 0. The molecule has 0 amide bonds. The van der Waals surface area contributed by atoms with Gasteiger partial charge in [0.25, 0.3) is 0 Å². The van der Waals surface area contributed by atoms with Crippen LogP contribution in [0, 0.1) is 6.92 Å². The lowest BCUT2D eigenvalue weighted by Gasteiger charge is -2.09. The van der Waals surface area contributed by atoms with Gasteiger partial charge in [-0.3, -0.25) is 0 Å². The normalized spacial score (nSPS) is 10.7. The molecule has 1 heterocycles. The summed E-state index contributed by atoms with van der Waals surface area (Å²) < 4.78 is 0.931. The first-order valence-electron chi connectivity index (χ1n) is 5.51. The highest BCUT2D eigenvalue weighted by Gasteiger charge is 2.12. The zero-order valence-corrected chi connectivity index (χ0v) is 13.1. The van der Waals surface area contributed by atoms with Crippen LogP contribution in [0.2, 0.25) is 10.2 Å². The Balaban J connectivity index is 2.64. The molecule has 5 heteroatoms. The van der Waals surface area contributed by atoms with Crippen molar-refractivity contribution in [3.8, 4) is 11.4 Å².